The number of anilines is 1. The van der Waals surface area contributed by atoms with Gasteiger partial charge >= 0.3 is 5.97 Å². The van der Waals surface area contributed by atoms with Crippen LogP contribution in [0, 0.1) is 13.8 Å². The standard InChI is InChI=1S/C24H23N3O6S/c1-16-10-11-21(17(2)12-16)27-34(31,32)20-8-5-7-18(13-20)24(30)26-25-14-19-6-3-4-9-22(19)33-15-23(28)29/h3-14,27H,15H2,1-2H3,(H,26,30)(H,28,29)/b25-14-. The highest BCUT2D eigenvalue weighted by atomic mass is 32.2. The molecule has 0 heterocycles. The lowest BCUT2D eigenvalue weighted by Gasteiger charge is -2.12. The number of nitrogens with zero attached hydrogens (tertiary/aromatic N) is 1. The fraction of sp³-hybridized carbons (Fsp3) is 0.125. The van der Waals surface area contributed by atoms with Gasteiger partial charge in [0.25, 0.3) is 15.9 Å². The van der Waals surface area contributed by atoms with Crippen molar-refractivity contribution < 1.29 is 27.9 Å². The minimum atomic E-state index is -3.92. The van der Waals surface area contributed by atoms with E-state index >= 15 is 0 Å². The summed E-state index contributed by atoms with van der Waals surface area (Å²) >= 11 is 0. The molecule has 1 amide bonds. The van der Waals surface area contributed by atoms with E-state index in [0.717, 1.165) is 11.1 Å². The van der Waals surface area contributed by atoms with Crippen LogP contribution in [0.3, 0.4) is 0 Å². The number of rotatable bonds is 9. The average molecular weight is 482 g/mol. The van der Waals surface area contributed by atoms with Crippen LogP contribution >= 0.6 is 0 Å². The van der Waals surface area contributed by atoms with Gasteiger partial charge in [0, 0.05) is 11.1 Å². The number of aliphatic carboxylic acids is 1. The van der Waals surface area contributed by atoms with Crippen molar-refractivity contribution >= 4 is 33.8 Å². The summed E-state index contributed by atoms with van der Waals surface area (Å²) in [6.45, 7) is 3.20. The number of ether oxygens (including phenoxy) is 1. The van der Waals surface area contributed by atoms with Crippen LogP contribution in [0.4, 0.5) is 5.69 Å². The number of para-hydroxylation sites is 1. The molecule has 0 fully saturated rings. The molecule has 176 valence electrons. The van der Waals surface area contributed by atoms with Gasteiger partial charge < -0.3 is 9.84 Å². The Kier molecular flexibility index (Phi) is 7.64. The van der Waals surface area contributed by atoms with Crippen LogP contribution in [-0.2, 0) is 14.8 Å². The molecule has 3 N–H and O–H groups in total. The third kappa shape index (κ3) is 6.42. The zero-order valence-electron chi connectivity index (χ0n) is 18.5. The van der Waals surface area contributed by atoms with Crippen LogP contribution in [0.5, 0.6) is 5.75 Å². The van der Waals surface area contributed by atoms with Gasteiger partial charge in [-0.05, 0) is 55.8 Å². The number of aryl methyl sites for hydroxylation is 2. The number of amides is 1. The van der Waals surface area contributed by atoms with Gasteiger partial charge in [-0.15, -0.1) is 0 Å². The van der Waals surface area contributed by atoms with Crippen molar-refractivity contribution in [2.24, 2.45) is 5.10 Å². The first-order valence-electron chi connectivity index (χ1n) is 10.1. The van der Waals surface area contributed by atoms with Gasteiger partial charge in [-0.2, -0.15) is 5.10 Å². The van der Waals surface area contributed by atoms with Gasteiger partial charge in [-0.25, -0.2) is 18.6 Å². The molecular weight excluding hydrogens is 458 g/mol. The van der Waals surface area contributed by atoms with Crippen LogP contribution in [0.2, 0.25) is 0 Å². The summed E-state index contributed by atoms with van der Waals surface area (Å²) in [5.41, 5.74) is 5.12. The van der Waals surface area contributed by atoms with E-state index in [1.807, 2.05) is 13.0 Å². The van der Waals surface area contributed by atoms with E-state index in [0.29, 0.717) is 11.3 Å². The van der Waals surface area contributed by atoms with Gasteiger partial charge in [-0.3, -0.25) is 9.52 Å². The molecule has 0 aromatic heterocycles. The maximum atomic E-state index is 12.8. The Hall–Kier alpha value is -4.18. The topological polar surface area (TPSA) is 134 Å². The smallest absolute Gasteiger partial charge is 0.341 e. The van der Waals surface area contributed by atoms with E-state index in [-0.39, 0.29) is 16.2 Å². The van der Waals surface area contributed by atoms with E-state index in [9.17, 15) is 18.0 Å². The fourth-order valence-corrected chi connectivity index (χ4v) is 4.20. The van der Waals surface area contributed by atoms with Gasteiger partial charge in [0.05, 0.1) is 16.8 Å². The van der Waals surface area contributed by atoms with Crippen LogP contribution in [0.25, 0.3) is 0 Å². The molecule has 34 heavy (non-hydrogen) atoms. The number of sulfonamides is 1. The summed E-state index contributed by atoms with van der Waals surface area (Å²) in [7, 11) is -3.92. The Bertz CT molecular complexity index is 1350. The summed E-state index contributed by atoms with van der Waals surface area (Å²) in [6.07, 6.45) is 1.30. The van der Waals surface area contributed by atoms with Crippen LogP contribution < -0.4 is 14.9 Å². The largest absolute Gasteiger partial charge is 0.481 e. The van der Waals surface area contributed by atoms with E-state index in [4.69, 9.17) is 9.84 Å². The third-order valence-electron chi connectivity index (χ3n) is 4.67. The monoisotopic (exact) mass is 481 g/mol. The highest BCUT2D eigenvalue weighted by molar-refractivity contribution is 7.92. The zero-order chi connectivity index (χ0) is 24.7. The van der Waals surface area contributed by atoms with Crippen molar-refractivity contribution in [2.75, 3.05) is 11.3 Å². The van der Waals surface area contributed by atoms with E-state index in [2.05, 4.69) is 15.2 Å². The first kappa shape index (κ1) is 24.5. The molecular formula is C24H23N3O6S. The normalized spacial score (nSPS) is 11.2. The first-order valence-corrected chi connectivity index (χ1v) is 11.6. The number of nitrogens with one attached hydrogen (secondary N) is 2. The molecule has 0 aliphatic heterocycles. The SMILES string of the molecule is Cc1ccc(NS(=O)(=O)c2cccc(C(=O)N/N=C\c3ccccc3OCC(=O)O)c2)c(C)c1. The number of hydrogen-bond donors (Lipinski definition) is 3. The van der Waals surface area contributed by atoms with Gasteiger partial charge in [0.2, 0.25) is 0 Å². The second-order valence-corrected chi connectivity index (χ2v) is 9.05. The summed E-state index contributed by atoms with van der Waals surface area (Å²) in [6, 6.07) is 17.5. The number of hydrogen-bond acceptors (Lipinski definition) is 6. The molecule has 0 unspecified atom stereocenters. The molecule has 9 nitrogen and oxygen atoms in total. The Labute approximate surface area is 197 Å². The van der Waals surface area contributed by atoms with Crippen molar-refractivity contribution in [3.8, 4) is 5.75 Å². The molecule has 0 saturated heterocycles. The average Bonchev–Trinajstić information content (AvgIpc) is 2.80. The molecule has 0 aliphatic rings. The van der Waals surface area contributed by atoms with E-state index in [1.165, 1.54) is 30.5 Å². The lowest BCUT2D eigenvalue weighted by atomic mass is 10.1. The maximum Gasteiger partial charge on any atom is 0.341 e. The van der Waals surface area contributed by atoms with Crippen molar-refractivity contribution in [1.29, 1.82) is 0 Å². The molecule has 0 saturated carbocycles. The number of carboxylic acids is 1. The second-order valence-electron chi connectivity index (χ2n) is 7.37. The molecule has 0 aliphatic carbocycles. The lowest BCUT2D eigenvalue weighted by Crippen LogP contribution is -2.19. The molecule has 3 aromatic rings. The Morgan fingerprint density at radius 3 is 2.53 bits per heavy atom. The number of carbonyl (C=O) groups is 2. The van der Waals surface area contributed by atoms with Gasteiger partial charge in [-0.1, -0.05) is 35.9 Å². The first-order chi connectivity index (χ1) is 16.2. The van der Waals surface area contributed by atoms with Crippen molar-refractivity contribution in [1.82, 2.24) is 5.43 Å². The summed E-state index contributed by atoms with van der Waals surface area (Å²) in [4.78, 5) is 23.2. The summed E-state index contributed by atoms with van der Waals surface area (Å²) < 4.78 is 33.4. The summed E-state index contributed by atoms with van der Waals surface area (Å²) in [5, 5.41) is 12.6. The van der Waals surface area contributed by atoms with Crippen molar-refractivity contribution in [3.05, 3.63) is 89.0 Å². The molecule has 0 radical (unpaired) electrons. The molecule has 0 bridgehead atoms. The van der Waals surface area contributed by atoms with E-state index in [1.54, 1.807) is 43.3 Å². The highest BCUT2D eigenvalue weighted by Crippen LogP contribution is 2.21. The lowest BCUT2D eigenvalue weighted by molar-refractivity contribution is -0.139. The van der Waals surface area contributed by atoms with Crippen LogP contribution in [-0.4, -0.2) is 38.2 Å². The van der Waals surface area contributed by atoms with Gasteiger partial charge in [0.1, 0.15) is 5.75 Å². The number of carboxylic acid groups (broad SMARTS) is 1. The zero-order valence-corrected chi connectivity index (χ0v) is 19.3. The Morgan fingerprint density at radius 2 is 1.79 bits per heavy atom. The summed E-state index contributed by atoms with van der Waals surface area (Å²) in [5.74, 6) is -1.46. The van der Waals surface area contributed by atoms with Crippen molar-refractivity contribution in [2.45, 2.75) is 18.7 Å². The molecule has 0 spiro atoms. The number of benzene rings is 3. The Balaban J connectivity index is 1.72. The molecule has 3 aromatic carbocycles. The molecule has 3 rings (SSSR count). The molecule has 10 heteroatoms. The second kappa shape index (κ2) is 10.6. The van der Waals surface area contributed by atoms with Crippen molar-refractivity contribution in [3.63, 3.8) is 0 Å². The highest BCUT2D eigenvalue weighted by Gasteiger charge is 2.17. The van der Waals surface area contributed by atoms with Crippen LogP contribution in [0.15, 0.2) is 76.7 Å². The van der Waals surface area contributed by atoms with Crippen LogP contribution in [0.1, 0.15) is 27.0 Å². The maximum absolute atomic E-state index is 12.8. The predicted molar refractivity (Wildman–Crippen MR) is 128 cm³/mol. The Morgan fingerprint density at radius 1 is 1.03 bits per heavy atom. The van der Waals surface area contributed by atoms with E-state index < -0.39 is 28.5 Å². The predicted octanol–water partition coefficient (Wildman–Crippen LogP) is 3.33. The minimum Gasteiger partial charge on any atom is -0.481 e. The number of carbonyl (C=O) groups excluding carboxylic acids is 1. The molecule has 0 atom stereocenters. The third-order valence-corrected chi connectivity index (χ3v) is 6.04. The quantitative estimate of drug-likeness (QED) is 0.317. The number of hydrazone groups is 1. The van der Waals surface area contributed by atoms with Gasteiger partial charge in [0.15, 0.2) is 6.61 Å². The fourth-order valence-electron chi connectivity index (χ4n) is 3.02. The minimum absolute atomic E-state index is 0.0727.